The van der Waals surface area contributed by atoms with Gasteiger partial charge in [0.1, 0.15) is 11.6 Å². The summed E-state index contributed by atoms with van der Waals surface area (Å²) in [6.45, 7) is 2.16. The topological polar surface area (TPSA) is 43.8 Å². The van der Waals surface area contributed by atoms with Crippen molar-refractivity contribution in [1.82, 2.24) is 9.78 Å². The number of nitrogens with two attached hydrogens (primary N) is 1. The Kier molecular flexibility index (Phi) is 3.73. The molecule has 22 heavy (non-hydrogen) atoms. The van der Waals surface area contributed by atoms with Crippen LogP contribution in [0.4, 0.5) is 8.78 Å². The summed E-state index contributed by atoms with van der Waals surface area (Å²) >= 11 is 0. The third-order valence-electron chi connectivity index (χ3n) is 3.59. The van der Waals surface area contributed by atoms with Gasteiger partial charge in [-0.1, -0.05) is 0 Å². The Morgan fingerprint density at radius 1 is 1.05 bits per heavy atom. The molecule has 3 rings (SSSR count). The number of nitrogens with zero attached hydrogens (tertiary/aromatic N) is 2. The minimum Gasteiger partial charge on any atom is -0.326 e. The second-order valence-corrected chi connectivity index (χ2v) is 5.08. The summed E-state index contributed by atoms with van der Waals surface area (Å²) in [5.74, 6) is -0.626. The van der Waals surface area contributed by atoms with Gasteiger partial charge in [-0.2, -0.15) is 5.10 Å². The molecule has 0 aliphatic rings. The van der Waals surface area contributed by atoms with Crippen LogP contribution in [0.5, 0.6) is 0 Å². The molecule has 112 valence electrons. The fourth-order valence-electron chi connectivity index (χ4n) is 2.46. The molecule has 0 bridgehead atoms. The van der Waals surface area contributed by atoms with E-state index in [4.69, 9.17) is 5.73 Å². The van der Waals surface area contributed by atoms with Crippen LogP contribution in [-0.2, 0) is 6.54 Å². The van der Waals surface area contributed by atoms with Crippen LogP contribution < -0.4 is 5.73 Å². The van der Waals surface area contributed by atoms with Crippen LogP contribution in [0.15, 0.2) is 48.7 Å². The van der Waals surface area contributed by atoms with Gasteiger partial charge in [0.15, 0.2) is 0 Å². The van der Waals surface area contributed by atoms with Gasteiger partial charge in [0, 0.05) is 17.8 Å². The summed E-state index contributed by atoms with van der Waals surface area (Å²) in [7, 11) is 0. The molecule has 3 aromatic rings. The molecule has 0 saturated carbocycles. The second-order valence-electron chi connectivity index (χ2n) is 5.08. The fraction of sp³-hybridized carbons (Fsp3) is 0.118. The third kappa shape index (κ3) is 2.63. The van der Waals surface area contributed by atoms with Crippen LogP contribution in [0.2, 0.25) is 0 Å². The van der Waals surface area contributed by atoms with Crippen LogP contribution in [0, 0.1) is 18.6 Å². The molecule has 1 aromatic heterocycles. The van der Waals surface area contributed by atoms with Crippen molar-refractivity contribution >= 4 is 0 Å². The van der Waals surface area contributed by atoms with Gasteiger partial charge in [-0.3, -0.25) is 0 Å². The van der Waals surface area contributed by atoms with Crippen LogP contribution in [0.25, 0.3) is 16.8 Å². The van der Waals surface area contributed by atoms with Crippen molar-refractivity contribution in [2.45, 2.75) is 13.5 Å². The van der Waals surface area contributed by atoms with Gasteiger partial charge in [-0.15, -0.1) is 0 Å². The summed E-state index contributed by atoms with van der Waals surface area (Å²) in [4.78, 5) is 0. The molecule has 0 unspecified atom stereocenters. The molecule has 5 heteroatoms. The summed E-state index contributed by atoms with van der Waals surface area (Å²) in [5, 5.41) is 4.32. The lowest BCUT2D eigenvalue weighted by molar-refractivity contribution is 0.625. The van der Waals surface area contributed by atoms with E-state index in [0.717, 1.165) is 28.1 Å². The highest BCUT2D eigenvalue weighted by Crippen LogP contribution is 2.26. The Labute approximate surface area is 127 Å². The van der Waals surface area contributed by atoms with Gasteiger partial charge < -0.3 is 5.73 Å². The molecule has 0 saturated heterocycles. The van der Waals surface area contributed by atoms with E-state index in [1.54, 1.807) is 23.0 Å². The van der Waals surface area contributed by atoms with E-state index in [1.807, 2.05) is 13.0 Å². The van der Waals surface area contributed by atoms with Crippen molar-refractivity contribution < 1.29 is 8.78 Å². The van der Waals surface area contributed by atoms with Crippen LogP contribution in [0.1, 0.15) is 11.3 Å². The average Bonchev–Trinajstić information content (AvgIpc) is 2.89. The number of rotatable bonds is 3. The molecule has 0 amide bonds. The van der Waals surface area contributed by atoms with Crippen LogP contribution in [-0.4, -0.2) is 9.78 Å². The first-order valence-electron chi connectivity index (χ1n) is 6.89. The molecular weight excluding hydrogens is 284 g/mol. The number of aromatic nitrogens is 2. The minimum absolute atomic E-state index is 0.274. The molecule has 3 nitrogen and oxygen atoms in total. The summed E-state index contributed by atoms with van der Waals surface area (Å²) < 4.78 is 28.4. The Hall–Kier alpha value is -2.53. The molecular formula is C17H15F2N3. The number of benzene rings is 2. The van der Waals surface area contributed by atoms with E-state index in [0.29, 0.717) is 0 Å². The van der Waals surface area contributed by atoms with Crippen molar-refractivity contribution in [2.24, 2.45) is 5.73 Å². The first-order valence-corrected chi connectivity index (χ1v) is 6.89. The maximum atomic E-state index is 13.7. The SMILES string of the molecule is Cc1c(-c2cc(F)cc(CN)c2)cnn1-c1ccc(F)cc1. The van der Waals surface area contributed by atoms with E-state index in [9.17, 15) is 8.78 Å². The minimum atomic E-state index is -0.327. The summed E-state index contributed by atoms with van der Waals surface area (Å²) in [6.07, 6.45) is 1.67. The van der Waals surface area contributed by atoms with E-state index in [2.05, 4.69) is 5.10 Å². The van der Waals surface area contributed by atoms with Gasteiger partial charge in [0.25, 0.3) is 0 Å². The molecule has 2 N–H and O–H groups in total. The Bertz CT molecular complexity index is 807. The largest absolute Gasteiger partial charge is 0.326 e. The summed E-state index contributed by atoms with van der Waals surface area (Å²) in [5.41, 5.74) is 9.46. The second kappa shape index (κ2) is 5.69. The molecule has 0 fully saturated rings. The van der Waals surface area contributed by atoms with Crippen molar-refractivity contribution in [3.63, 3.8) is 0 Å². The highest BCUT2D eigenvalue weighted by atomic mass is 19.1. The summed E-state index contributed by atoms with van der Waals surface area (Å²) in [6, 6.07) is 10.8. The molecule has 1 heterocycles. The maximum absolute atomic E-state index is 13.7. The van der Waals surface area contributed by atoms with Crippen molar-refractivity contribution in [2.75, 3.05) is 0 Å². The Balaban J connectivity index is 2.07. The zero-order valence-electron chi connectivity index (χ0n) is 12.1. The van der Waals surface area contributed by atoms with Crippen molar-refractivity contribution in [3.8, 4) is 16.8 Å². The van der Waals surface area contributed by atoms with Gasteiger partial charge in [-0.05, 0) is 60.5 Å². The van der Waals surface area contributed by atoms with Crippen LogP contribution >= 0.6 is 0 Å². The van der Waals surface area contributed by atoms with E-state index in [1.165, 1.54) is 24.3 Å². The lowest BCUT2D eigenvalue weighted by Crippen LogP contribution is -1.99. The molecule has 2 aromatic carbocycles. The Morgan fingerprint density at radius 3 is 2.45 bits per heavy atom. The van der Waals surface area contributed by atoms with Gasteiger partial charge in [0.2, 0.25) is 0 Å². The van der Waals surface area contributed by atoms with Crippen molar-refractivity contribution in [1.29, 1.82) is 0 Å². The molecule has 0 aliphatic heterocycles. The molecule has 0 aliphatic carbocycles. The normalized spacial score (nSPS) is 10.9. The van der Waals surface area contributed by atoms with Gasteiger partial charge in [-0.25, -0.2) is 13.5 Å². The van der Waals surface area contributed by atoms with E-state index in [-0.39, 0.29) is 18.2 Å². The number of hydrogen-bond donors (Lipinski definition) is 1. The predicted molar refractivity (Wildman–Crippen MR) is 81.5 cm³/mol. The number of hydrogen-bond acceptors (Lipinski definition) is 2. The number of halogens is 2. The smallest absolute Gasteiger partial charge is 0.124 e. The highest BCUT2D eigenvalue weighted by Gasteiger charge is 2.11. The first-order chi connectivity index (χ1) is 10.6. The highest BCUT2D eigenvalue weighted by molar-refractivity contribution is 5.66. The molecule has 0 atom stereocenters. The zero-order valence-corrected chi connectivity index (χ0v) is 12.1. The average molecular weight is 299 g/mol. The lowest BCUT2D eigenvalue weighted by atomic mass is 10.0. The Morgan fingerprint density at radius 2 is 1.77 bits per heavy atom. The first kappa shape index (κ1) is 14.4. The molecule has 0 spiro atoms. The lowest BCUT2D eigenvalue weighted by Gasteiger charge is -2.07. The third-order valence-corrected chi connectivity index (χ3v) is 3.59. The van der Waals surface area contributed by atoms with Gasteiger partial charge >= 0.3 is 0 Å². The van der Waals surface area contributed by atoms with Gasteiger partial charge in [0.05, 0.1) is 11.9 Å². The maximum Gasteiger partial charge on any atom is 0.124 e. The predicted octanol–water partition coefficient (Wildman–Crippen LogP) is 3.58. The van der Waals surface area contributed by atoms with E-state index >= 15 is 0 Å². The monoisotopic (exact) mass is 299 g/mol. The fourth-order valence-corrected chi connectivity index (χ4v) is 2.46. The molecule has 0 radical (unpaired) electrons. The van der Waals surface area contributed by atoms with E-state index < -0.39 is 0 Å². The van der Waals surface area contributed by atoms with Crippen LogP contribution in [0.3, 0.4) is 0 Å². The van der Waals surface area contributed by atoms with Crippen molar-refractivity contribution in [3.05, 3.63) is 71.6 Å². The quantitative estimate of drug-likeness (QED) is 0.803. The zero-order chi connectivity index (χ0) is 15.7. The standard InChI is InChI=1S/C17H15F2N3/c1-11-17(13-6-12(9-20)7-15(19)8-13)10-21-22(11)16-4-2-14(18)3-5-16/h2-8,10H,9,20H2,1H3.